The lowest BCUT2D eigenvalue weighted by molar-refractivity contribution is -0.141. The Labute approximate surface area is 636 Å². The van der Waals surface area contributed by atoms with Crippen molar-refractivity contribution in [3.63, 3.8) is 0 Å². The monoisotopic (exact) mass is 1550 g/mol. The molecule has 38 nitrogen and oxygen atoms in total. The Hall–Kier alpha value is -9.64. The van der Waals surface area contributed by atoms with Gasteiger partial charge in [0.2, 0.25) is 76.8 Å². The van der Waals surface area contributed by atoms with Crippen LogP contribution in [0.4, 0.5) is 0 Å². The number of guanidine groups is 1. The number of carbonyl (C=O) groups excluding carboxylic acids is 13. The fourth-order valence-electron chi connectivity index (χ4n) is 12.4. The van der Waals surface area contributed by atoms with Gasteiger partial charge in [0.25, 0.3) is 0 Å². The number of hydrogen-bond donors (Lipinski definition) is 22. The van der Waals surface area contributed by atoms with Crippen molar-refractivity contribution in [3.05, 3.63) is 65.7 Å². The number of nitrogens with two attached hydrogens (primary N) is 4. The smallest absolute Gasteiger partial charge is 0.305 e. The summed E-state index contributed by atoms with van der Waals surface area (Å²) in [5.74, 6) is -10.5. The second-order valence-electron chi connectivity index (χ2n) is 27.5. The maximum absolute atomic E-state index is 14.2. The molecule has 7 atom stereocenters. The zero-order chi connectivity index (χ0) is 79.1. The number of rotatable bonds is 36. The minimum Gasteiger partial charge on any atom is -0.508 e. The van der Waals surface area contributed by atoms with Crippen LogP contribution in [-0.2, 0) is 80.0 Å². The fraction of sp³-hybridized carbons (Fsp3) is 0.614. The van der Waals surface area contributed by atoms with Crippen LogP contribution in [0.5, 0.6) is 5.75 Å². The number of primary amides is 1. The van der Waals surface area contributed by atoms with Gasteiger partial charge in [-0.2, -0.15) is 0 Å². The lowest BCUT2D eigenvalue weighted by atomic mass is 10.0. The number of aromatic hydroxyl groups is 1. The summed E-state index contributed by atoms with van der Waals surface area (Å²) in [5.41, 5.74) is 23.2. The van der Waals surface area contributed by atoms with Crippen LogP contribution in [0.1, 0.15) is 107 Å². The second-order valence-corrected chi connectivity index (χ2v) is 28.8. The lowest BCUT2D eigenvalue weighted by Crippen LogP contribution is -2.69. The number of phenols is 1. The number of carboxylic acids is 1. The van der Waals surface area contributed by atoms with Crippen molar-refractivity contribution >= 4 is 100 Å². The number of phenolic OH excluding ortho intramolecular Hbond substituents is 1. The molecule has 2 aromatic carbocycles. The number of aliphatic imine (C=N–C) groups is 1. The Balaban J connectivity index is 0.920. The highest BCUT2D eigenvalue weighted by molar-refractivity contribution is 8.00. The molecule has 6 unspecified atom stereocenters. The first-order chi connectivity index (χ1) is 52.2. The van der Waals surface area contributed by atoms with Gasteiger partial charge in [-0.25, -0.2) is 0 Å². The Bertz CT molecular complexity index is 3410. The SMILES string of the molecule is NC(=O)C(CSC1CC(=O)N(CCC(=O)NCCCCC2NC(=O)C(Cc3ccccc3)NC(=O)C(CC(=O)O)NC(=O)CNC(=O)[C@H](CCCN=C(N)N)NC2=O)C1=O)NC(=O)CCCCCNC(=O)C(Cc1ccc(O)cc1)NC(=O)CCCC(=O)NC12CNCCNCC(N)(CNCCNC1)CNCCN2. The van der Waals surface area contributed by atoms with E-state index in [4.69, 9.17) is 22.9 Å². The molecule has 602 valence electrons. The number of nitrogens with zero attached hydrogens (tertiary/aromatic N) is 2. The van der Waals surface area contributed by atoms with E-state index in [2.05, 4.69) is 90.1 Å². The normalized spacial score (nSPS) is 22.7. The number of nitrogens with one attached hydrogen (secondary N) is 16. The maximum Gasteiger partial charge on any atom is 0.305 e. The molecule has 0 radical (unpaired) electrons. The molecule has 109 heavy (non-hydrogen) atoms. The molecule has 39 heteroatoms. The molecular weight excluding hydrogens is 1440 g/mol. The lowest BCUT2D eigenvalue weighted by Gasteiger charge is -2.37. The quantitative estimate of drug-likeness (QED) is 0.0130. The first-order valence-electron chi connectivity index (χ1n) is 37.0. The zero-order valence-corrected chi connectivity index (χ0v) is 62.3. The number of fused-ring (bicyclic) bond motifs is 6. The molecular formula is C70H110N22O16S. The maximum atomic E-state index is 14.2. The molecule has 26 N–H and O–H groups in total. The molecule has 0 spiro atoms. The van der Waals surface area contributed by atoms with Crippen LogP contribution in [0.2, 0.25) is 0 Å². The average molecular weight is 1550 g/mol. The highest BCUT2D eigenvalue weighted by Crippen LogP contribution is 2.26. The van der Waals surface area contributed by atoms with Crippen LogP contribution in [0.25, 0.3) is 0 Å². The van der Waals surface area contributed by atoms with E-state index in [9.17, 15) is 77.3 Å². The van der Waals surface area contributed by atoms with E-state index >= 15 is 0 Å². The summed E-state index contributed by atoms with van der Waals surface area (Å²) in [4.78, 5) is 191. The molecule has 4 fully saturated rings. The van der Waals surface area contributed by atoms with Gasteiger partial charge in [0, 0.05) is 149 Å². The van der Waals surface area contributed by atoms with E-state index in [1.165, 1.54) is 12.1 Å². The second kappa shape index (κ2) is 46.7. The van der Waals surface area contributed by atoms with E-state index in [1.807, 2.05) is 0 Å². The Morgan fingerprint density at radius 1 is 0.587 bits per heavy atom. The predicted molar refractivity (Wildman–Crippen MR) is 402 cm³/mol. The number of carbonyl (C=O) groups is 14. The van der Waals surface area contributed by atoms with Crippen molar-refractivity contribution in [2.24, 2.45) is 27.9 Å². The summed E-state index contributed by atoms with van der Waals surface area (Å²) < 4.78 is 0. The fourth-order valence-corrected chi connectivity index (χ4v) is 13.6. The minimum atomic E-state index is -1.67. The molecule has 13 amide bonds. The van der Waals surface area contributed by atoms with Gasteiger partial charge in [-0.1, -0.05) is 48.9 Å². The third-order valence-corrected chi connectivity index (χ3v) is 19.6. The number of aliphatic carboxylic acids is 1. The number of likely N-dealkylation sites (tertiary alicyclic amines) is 1. The van der Waals surface area contributed by atoms with E-state index in [0.29, 0.717) is 102 Å². The Morgan fingerprint density at radius 3 is 1.81 bits per heavy atom. The third kappa shape index (κ3) is 33.0. The summed E-state index contributed by atoms with van der Waals surface area (Å²) in [6, 6.07) is 6.75. The number of hydrogen-bond acceptors (Lipinski definition) is 24. The first-order valence-corrected chi connectivity index (χ1v) is 38.1. The van der Waals surface area contributed by atoms with Crippen LogP contribution in [0, 0.1) is 0 Å². The van der Waals surface area contributed by atoms with E-state index in [1.54, 1.807) is 42.5 Å². The van der Waals surface area contributed by atoms with Gasteiger partial charge < -0.3 is 113 Å². The molecule has 0 aromatic heterocycles. The standard InChI is InChI=1S/C70H110N22O16S/c71-61(102)52(87-55(95)15-5-2-7-24-81-63(104)49(34-45-18-20-46(93)21-19-45)85-56(96)16-9-17-57(97)91-70-42-78-28-26-75-39-69(74,41-77-30-31-84-70)40-76-27-29-79-43-70)38-109-53-36-59(99)92(67(53)108)32-22-54(94)80-23-8-6-13-48-64(105)88-47(14-10-25-82-68(72)73)62(103)83-37-58(98)86-51(35-60(100)101)66(107)90-50(65(106)89-48)33-44-11-3-1-4-12-44/h1,3-4,11-12,18-21,47-53,75-79,84,93H,2,5-10,13-17,22-43,74H2,(H2,71,102)(H,80,94)(H,81,104)(H,83,103)(H,85,96)(H,86,98)(H,87,95)(H,88,105)(H,89,106)(H,90,107)(H,91,97)(H,100,101)(H4,72,73,82)/t47-,48?,49?,50?,51?,52?,53?,69?,70?/m0/s1. The van der Waals surface area contributed by atoms with Gasteiger partial charge >= 0.3 is 5.97 Å². The van der Waals surface area contributed by atoms with Crippen LogP contribution in [-0.4, -0.2) is 267 Å². The van der Waals surface area contributed by atoms with Gasteiger partial charge in [-0.3, -0.25) is 82.3 Å². The molecule has 0 aliphatic carbocycles. The largest absolute Gasteiger partial charge is 0.508 e. The topological polar surface area (TPSA) is 592 Å². The van der Waals surface area contributed by atoms with Crippen LogP contribution in [0.15, 0.2) is 59.6 Å². The van der Waals surface area contributed by atoms with Gasteiger partial charge in [0.15, 0.2) is 5.96 Å². The van der Waals surface area contributed by atoms with E-state index < -0.39 is 143 Å². The summed E-state index contributed by atoms with van der Waals surface area (Å²) in [7, 11) is 0. The summed E-state index contributed by atoms with van der Waals surface area (Å²) in [6.45, 7) is 5.74. The molecule has 4 saturated heterocycles. The number of amides is 13. The highest BCUT2D eigenvalue weighted by atomic mass is 32.2. The molecule has 4 heterocycles. The van der Waals surface area contributed by atoms with Crippen molar-refractivity contribution in [2.75, 3.05) is 110 Å². The molecule has 0 saturated carbocycles. The van der Waals surface area contributed by atoms with Crippen LogP contribution >= 0.6 is 11.8 Å². The van der Waals surface area contributed by atoms with Crippen molar-refractivity contribution in [2.45, 2.75) is 162 Å². The number of unbranched alkanes of at least 4 members (excludes halogenated alkanes) is 3. The van der Waals surface area contributed by atoms with Gasteiger partial charge in [-0.15, -0.1) is 11.8 Å². The average Bonchev–Trinajstić information content (AvgIpc) is 1.72. The van der Waals surface area contributed by atoms with Gasteiger partial charge in [0.1, 0.15) is 47.7 Å². The minimum absolute atomic E-state index is 0.0192. The summed E-state index contributed by atoms with van der Waals surface area (Å²) in [6.07, 6.45) is 0.478. The van der Waals surface area contributed by atoms with Crippen molar-refractivity contribution in [1.82, 2.24) is 90.0 Å². The Morgan fingerprint density at radius 2 is 1.16 bits per heavy atom. The first kappa shape index (κ1) is 88.3. The van der Waals surface area contributed by atoms with Crippen LogP contribution in [0.3, 0.4) is 0 Å². The number of benzene rings is 2. The summed E-state index contributed by atoms with van der Waals surface area (Å²) in [5, 5.41) is 65.9. The highest BCUT2D eigenvalue weighted by Gasteiger charge is 2.40. The molecule has 4 aliphatic heterocycles. The van der Waals surface area contributed by atoms with Gasteiger partial charge in [0.05, 0.1) is 23.8 Å². The molecule has 2 bridgehead atoms. The molecule has 6 rings (SSSR count). The van der Waals surface area contributed by atoms with Crippen molar-refractivity contribution in [3.8, 4) is 5.75 Å². The number of carboxylic acid groups (broad SMARTS) is 1. The molecule has 2 aromatic rings. The van der Waals surface area contributed by atoms with Crippen molar-refractivity contribution in [1.29, 1.82) is 0 Å². The zero-order valence-electron chi connectivity index (χ0n) is 61.5. The van der Waals surface area contributed by atoms with E-state index in [0.717, 1.165) is 16.7 Å². The Kier molecular flexibility index (Phi) is 37.8. The number of imide groups is 1. The predicted octanol–water partition coefficient (Wildman–Crippen LogP) is -7.31. The number of thioether (sulfide) groups is 1. The van der Waals surface area contributed by atoms with Crippen LogP contribution < -0.4 is 108 Å². The van der Waals surface area contributed by atoms with E-state index in [-0.39, 0.29) is 133 Å². The molecule has 4 aliphatic rings. The van der Waals surface area contributed by atoms with Gasteiger partial charge in [-0.05, 0) is 74.6 Å². The third-order valence-electron chi connectivity index (χ3n) is 18.3. The summed E-state index contributed by atoms with van der Waals surface area (Å²) >= 11 is 0.948. The van der Waals surface area contributed by atoms with Crippen molar-refractivity contribution < 1.29 is 77.3 Å².